The average molecular weight is 378 g/mol. The molecule has 5 nitrogen and oxygen atoms in total. The summed E-state index contributed by atoms with van der Waals surface area (Å²) in [4.78, 5) is 30.5. The van der Waals surface area contributed by atoms with Gasteiger partial charge in [-0.15, -0.1) is 0 Å². The predicted octanol–water partition coefficient (Wildman–Crippen LogP) is 4.56. The number of hydrogen-bond donors (Lipinski definition) is 1. The number of benzene rings is 2. The lowest BCUT2D eigenvalue weighted by Crippen LogP contribution is -2.28. The number of para-hydroxylation sites is 1. The van der Waals surface area contributed by atoms with E-state index in [2.05, 4.69) is 4.99 Å². The van der Waals surface area contributed by atoms with E-state index in [1.807, 2.05) is 49.4 Å². The number of carboxylic acid groups (broad SMARTS) is 1. The van der Waals surface area contributed by atoms with Gasteiger partial charge in [0.05, 0.1) is 16.2 Å². The van der Waals surface area contributed by atoms with Gasteiger partial charge in [0.15, 0.2) is 5.17 Å². The van der Waals surface area contributed by atoms with E-state index in [0.29, 0.717) is 22.3 Å². The lowest BCUT2D eigenvalue weighted by molar-refractivity contribution is -0.122. The van der Waals surface area contributed by atoms with Crippen molar-refractivity contribution < 1.29 is 14.7 Å². The Hall–Kier alpha value is -3.12. The molecule has 3 rings (SSSR count). The highest BCUT2D eigenvalue weighted by Gasteiger charge is 2.32. The molecule has 1 amide bonds. The average Bonchev–Trinajstić information content (AvgIpc) is 2.97. The number of nitrogens with zero attached hydrogens (tertiary/aromatic N) is 2. The molecule has 27 heavy (non-hydrogen) atoms. The maximum Gasteiger partial charge on any atom is 0.337 e. The maximum absolute atomic E-state index is 12.6. The smallest absolute Gasteiger partial charge is 0.337 e. The van der Waals surface area contributed by atoms with E-state index in [1.54, 1.807) is 29.2 Å². The lowest BCUT2D eigenvalue weighted by Gasteiger charge is -2.12. The van der Waals surface area contributed by atoms with Crippen molar-refractivity contribution in [2.24, 2.45) is 4.99 Å². The quantitative estimate of drug-likeness (QED) is 0.774. The Morgan fingerprint density at radius 1 is 1.15 bits per heavy atom. The van der Waals surface area contributed by atoms with Gasteiger partial charge in [0.25, 0.3) is 5.91 Å². The largest absolute Gasteiger partial charge is 0.478 e. The van der Waals surface area contributed by atoms with Gasteiger partial charge in [-0.1, -0.05) is 54.6 Å². The zero-order chi connectivity index (χ0) is 19.2. The van der Waals surface area contributed by atoms with Gasteiger partial charge in [0.2, 0.25) is 0 Å². The van der Waals surface area contributed by atoms with Crippen LogP contribution in [0.3, 0.4) is 0 Å². The van der Waals surface area contributed by atoms with Crippen LogP contribution >= 0.6 is 11.8 Å². The van der Waals surface area contributed by atoms with Gasteiger partial charge in [-0.3, -0.25) is 9.69 Å². The molecule has 0 aliphatic carbocycles. The van der Waals surface area contributed by atoms with E-state index < -0.39 is 5.97 Å². The van der Waals surface area contributed by atoms with Crippen molar-refractivity contribution in [2.45, 2.75) is 6.92 Å². The van der Waals surface area contributed by atoms with E-state index >= 15 is 0 Å². The van der Waals surface area contributed by atoms with Crippen molar-refractivity contribution in [3.05, 3.63) is 82.8 Å². The van der Waals surface area contributed by atoms with Crippen LogP contribution in [0.1, 0.15) is 22.8 Å². The minimum atomic E-state index is -1.05. The highest BCUT2D eigenvalue weighted by Crippen LogP contribution is 2.33. The molecule has 1 heterocycles. The standard InChI is InChI=1S/C21H18N2O3S/c1-2-23-19(24)18(14-8-11-15-9-4-3-5-10-15)27-21(23)22-17-13-7-6-12-16(17)20(25)26/h3-14H,2H2,1H3,(H,25,26)/b11-8+,18-14-,22-21?. The third kappa shape index (κ3) is 4.35. The second-order valence-corrected chi connectivity index (χ2v) is 6.68. The normalized spacial score (nSPS) is 17.4. The monoisotopic (exact) mass is 378 g/mol. The molecule has 0 saturated carbocycles. The molecule has 0 spiro atoms. The Bertz CT molecular complexity index is 949. The number of allylic oxidation sites excluding steroid dienone is 2. The number of aliphatic imine (C=N–C) groups is 1. The van der Waals surface area contributed by atoms with Gasteiger partial charge >= 0.3 is 5.97 Å². The van der Waals surface area contributed by atoms with Crippen LogP contribution in [-0.2, 0) is 4.79 Å². The van der Waals surface area contributed by atoms with E-state index in [9.17, 15) is 14.7 Å². The van der Waals surface area contributed by atoms with Gasteiger partial charge in [-0.2, -0.15) is 0 Å². The number of carbonyl (C=O) groups excluding carboxylic acids is 1. The number of thioether (sulfide) groups is 1. The highest BCUT2D eigenvalue weighted by molar-refractivity contribution is 8.18. The number of aromatic carboxylic acids is 1. The first kappa shape index (κ1) is 18.7. The molecule has 1 N–H and O–H groups in total. The molecule has 0 unspecified atom stereocenters. The molecule has 0 radical (unpaired) electrons. The highest BCUT2D eigenvalue weighted by atomic mass is 32.2. The van der Waals surface area contributed by atoms with Gasteiger partial charge in [0, 0.05) is 6.54 Å². The lowest BCUT2D eigenvalue weighted by atomic mass is 10.2. The molecule has 1 fully saturated rings. The van der Waals surface area contributed by atoms with Crippen LogP contribution in [0.25, 0.3) is 6.08 Å². The SMILES string of the molecule is CCN1C(=O)/C(=C/C=C/c2ccccc2)SC1=Nc1ccccc1C(=O)O. The van der Waals surface area contributed by atoms with Crippen molar-refractivity contribution in [1.29, 1.82) is 0 Å². The molecule has 2 aromatic carbocycles. The number of rotatable bonds is 5. The summed E-state index contributed by atoms with van der Waals surface area (Å²) in [6.45, 7) is 2.32. The number of carboxylic acids is 1. The summed E-state index contributed by atoms with van der Waals surface area (Å²) >= 11 is 1.25. The van der Waals surface area contributed by atoms with E-state index in [4.69, 9.17) is 0 Å². The van der Waals surface area contributed by atoms with Crippen molar-refractivity contribution in [3.63, 3.8) is 0 Å². The van der Waals surface area contributed by atoms with Gasteiger partial charge < -0.3 is 5.11 Å². The van der Waals surface area contributed by atoms with Crippen molar-refractivity contribution in [3.8, 4) is 0 Å². The van der Waals surface area contributed by atoms with Crippen molar-refractivity contribution >= 4 is 40.6 Å². The van der Waals surface area contributed by atoms with Crippen LogP contribution in [0.15, 0.2) is 76.6 Å². The molecular weight excluding hydrogens is 360 g/mol. The fraction of sp³-hybridized carbons (Fsp3) is 0.0952. The van der Waals surface area contributed by atoms with Crippen LogP contribution in [0.2, 0.25) is 0 Å². The first-order valence-corrected chi connectivity index (χ1v) is 9.26. The second-order valence-electron chi connectivity index (χ2n) is 5.67. The van der Waals surface area contributed by atoms with Crippen molar-refractivity contribution in [2.75, 3.05) is 6.54 Å². The van der Waals surface area contributed by atoms with Crippen molar-refractivity contribution in [1.82, 2.24) is 4.90 Å². The predicted molar refractivity (Wildman–Crippen MR) is 109 cm³/mol. The number of hydrogen-bond acceptors (Lipinski definition) is 4. The summed E-state index contributed by atoms with van der Waals surface area (Å²) in [5, 5.41) is 9.80. The minimum Gasteiger partial charge on any atom is -0.478 e. The third-order valence-electron chi connectivity index (χ3n) is 3.89. The summed E-state index contributed by atoms with van der Waals surface area (Å²) in [5.74, 6) is -1.18. The van der Waals surface area contributed by atoms with Crippen LogP contribution in [0, 0.1) is 0 Å². The number of carbonyl (C=O) groups is 2. The molecule has 1 aliphatic rings. The van der Waals surface area contributed by atoms with E-state index in [0.717, 1.165) is 5.56 Å². The topological polar surface area (TPSA) is 70.0 Å². The van der Waals surface area contributed by atoms with Crippen LogP contribution < -0.4 is 0 Å². The first-order chi connectivity index (χ1) is 13.1. The fourth-order valence-corrected chi connectivity index (χ4v) is 3.56. The van der Waals surface area contributed by atoms with Gasteiger partial charge in [-0.25, -0.2) is 9.79 Å². The van der Waals surface area contributed by atoms with Crippen LogP contribution in [0.4, 0.5) is 5.69 Å². The molecule has 136 valence electrons. The fourth-order valence-electron chi connectivity index (χ4n) is 2.55. The molecule has 0 atom stereocenters. The number of amidine groups is 1. The zero-order valence-electron chi connectivity index (χ0n) is 14.7. The Morgan fingerprint density at radius 2 is 1.85 bits per heavy atom. The molecule has 1 aliphatic heterocycles. The molecule has 0 bridgehead atoms. The molecule has 1 saturated heterocycles. The number of amides is 1. The first-order valence-electron chi connectivity index (χ1n) is 8.44. The molecule has 6 heteroatoms. The third-order valence-corrected chi connectivity index (χ3v) is 4.92. The zero-order valence-corrected chi connectivity index (χ0v) is 15.5. The van der Waals surface area contributed by atoms with Crippen LogP contribution in [-0.4, -0.2) is 33.6 Å². The summed E-state index contributed by atoms with van der Waals surface area (Å²) in [7, 11) is 0. The summed E-state index contributed by atoms with van der Waals surface area (Å²) in [6, 6.07) is 16.3. The maximum atomic E-state index is 12.6. The van der Waals surface area contributed by atoms with Gasteiger partial charge in [0.1, 0.15) is 0 Å². The van der Waals surface area contributed by atoms with E-state index in [1.165, 1.54) is 17.8 Å². The molecule has 2 aromatic rings. The number of likely N-dealkylation sites (N-methyl/N-ethyl adjacent to an activating group) is 1. The van der Waals surface area contributed by atoms with Gasteiger partial charge in [-0.05, 0) is 42.5 Å². The Balaban J connectivity index is 1.88. The Kier molecular flexibility index (Phi) is 5.88. The van der Waals surface area contributed by atoms with Crippen LogP contribution in [0.5, 0.6) is 0 Å². The summed E-state index contributed by atoms with van der Waals surface area (Å²) in [6.07, 6.45) is 5.51. The van der Waals surface area contributed by atoms with E-state index in [-0.39, 0.29) is 11.5 Å². The summed E-state index contributed by atoms with van der Waals surface area (Å²) < 4.78 is 0. The Morgan fingerprint density at radius 3 is 2.56 bits per heavy atom. The molecular formula is C21H18N2O3S. The second kappa shape index (κ2) is 8.51. The molecule has 0 aromatic heterocycles. The Labute approximate surface area is 161 Å². The minimum absolute atomic E-state index is 0.107. The summed E-state index contributed by atoms with van der Waals surface area (Å²) in [5.41, 5.74) is 1.48.